The van der Waals surface area contributed by atoms with E-state index in [9.17, 15) is 9.18 Å². The number of H-pyrrole nitrogens is 1. The van der Waals surface area contributed by atoms with Crippen LogP contribution < -0.4 is 10.1 Å². The van der Waals surface area contributed by atoms with E-state index >= 15 is 0 Å². The minimum absolute atomic E-state index is 0.0714. The number of rotatable bonds is 5. The zero-order valence-electron chi connectivity index (χ0n) is 13.3. The third-order valence-corrected chi connectivity index (χ3v) is 4.00. The molecule has 6 nitrogen and oxygen atoms in total. The minimum Gasteiger partial charge on any atom is -0.490 e. The van der Waals surface area contributed by atoms with Gasteiger partial charge in [-0.25, -0.2) is 9.18 Å². The van der Waals surface area contributed by atoms with E-state index in [4.69, 9.17) is 9.47 Å². The molecule has 0 aliphatic carbocycles. The Bertz CT molecular complexity index is 913. The van der Waals surface area contributed by atoms with Crippen molar-refractivity contribution in [1.29, 1.82) is 0 Å². The summed E-state index contributed by atoms with van der Waals surface area (Å²) in [4.78, 5) is 10.9. The van der Waals surface area contributed by atoms with Crippen molar-refractivity contribution >= 4 is 32.9 Å². The van der Waals surface area contributed by atoms with Crippen LogP contribution in [0.15, 0.2) is 40.9 Å². The predicted octanol–water partition coefficient (Wildman–Crippen LogP) is 3.87. The molecule has 0 aliphatic rings. The molecule has 25 heavy (non-hydrogen) atoms. The molecule has 130 valence electrons. The van der Waals surface area contributed by atoms with E-state index in [-0.39, 0.29) is 13.2 Å². The number of nitrogens with one attached hydrogen (secondary N) is 2. The highest BCUT2D eigenvalue weighted by Gasteiger charge is 2.13. The molecular formula is C17H15BrFN3O3. The van der Waals surface area contributed by atoms with Crippen molar-refractivity contribution < 1.29 is 18.7 Å². The van der Waals surface area contributed by atoms with Gasteiger partial charge in [0, 0.05) is 28.5 Å². The van der Waals surface area contributed by atoms with Gasteiger partial charge in [0.05, 0.1) is 5.52 Å². The third-order valence-electron chi connectivity index (χ3n) is 3.51. The second-order valence-electron chi connectivity index (χ2n) is 5.14. The van der Waals surface area contributed by atoms with Crippen molar-refractivity contribution in [2.75, 3.05) is 20.3 Å². The second kappa shape index (κ2) is 7.52. The highest BCUT2D eigenvalue weighted by molar-refractivity contribution is 9.10. The standard InChI is InChI=1S/C17H15BrFN3O3/c1-20-17(23)25-7-6-24-11-3-5-12(14(19)9-11)16-13-4-2-10(18)8-15(13)21-22-16/h2-5,8-9H,6-7H2,1H3,(H,20,23)(H,21,22). The Kier molecular flexibility index (Phi) is 5.18. The molecule has 0 spiro atoms. The fraction of sp³-hybridized carbons (Fsp3) is 0.176. The van der Waals surface area contributed by atoms with E-state index in [0.717, 1.165) is 15.4 Å². The number of nitrogens with zero attached hydrogens (tertiary/aromatic N) is 1. The van der Waals surface area contributed by atoms with E-state index in [1.54, 1.807) is 12.1 Å². The summed E-state index contributed by atoms with van der Waals surface area (Å²) in [6.07, 6.45) is -0.540. The maximum absolute atomic E-state index is 14.5. The molecule has 0 fully saturated rings. The lowest BCUT2D eigenvalue weighted by molar-refractivity contribution is 0.127. The number of carbonyl (C=O) groups excluding carboxylic acids is 1. The van der Waals surface area contributed by atoms with Crippen molar-refractivity contribution in [2.24, 2.45) is 0 Å². The number of ether oxygens (including phenoxy) is 2. The molecule has 0 radical (unpaired) electrons. The van der Waals surface area contributed by atoms with Crippen molar-refractivity contribution in [1.82, 2.24) is 15.5 Å². The van der Waals surface area contributed by atoms with E-state index in [1.807, 2.05) is 18.2 Å². The number of aromatic amines is 1. The summed E-state index contributed by atoms with van der Waals surface area (Å²) >= 11 is 3.39. The topological polar surface area (TPSA) is 76.2 Å². The van der Waals surface area contributed by atoms with Gasteiger partial charge in [0.2, 0.25) is 0 Å². The number of aromatic nitrogens is 2. The normalized spacial score (nSPS) is 10.7. The summed E-state index contributed by atoms with van der Waals surface area (Å²) in [5.41, 5.74) is 1.73. The Morgan fingerprint density at radius 2 is 2.12 bits per heavy atom. The lowest BCUT2D eigenvalue weighted by atomic mass is 10.1. The fourth-order valence-corrected chi connectivity index (χ4v) is 2.70. The number of alkyl carbamates (subject to hydrolysis) is 1. The lowest BCUT2D eigenvalue weighted by Gasteiger charge is -2.08. The minimum atomic E-state index is -0.540. The lowest BCUT2D eigenvalue weighted by Crippen LogP contribution is -2.21. The Hall–Kier alpha value is -2.61. The summed E-state index contributed by atoms with van der Waals surface area (Å²) in [5, 5.41) is 10.3. The van der Waals surface area contributed by atoms with Crippen LogP contribution in [-0.4, -0.2) is 36.6 Å². The fourth-order valence-electron chi connectivity index (χ4n) is 2.34. The van der Waals surface area contributed by atoms with Crippen LogP contribution in [0.3, 0.4) is 0 Å². The molecular weight excluding hydrogens is 393 g/mol. The highest BCUT2D eigenvalue weighted by Crippen LogP contribution is 2.31. The maximum atomic E-state index is 14.5. The number of hydrogen-bond donors (Lipinski definition) is 2. The number of halogens is 2. The predicted molar refractivity (Wildman–Crippen MR) is 95.1 cm³/mol. The van der Waals surface area contributed by atoms with Gasteiger partial charge in [-0.3, -0.25) is 5.10 Å². The molecule has 2 N–H and O–H groups in total. The average Bonchev–Trinajstić information content (AvgIpc) is 3.01. The Balaban J connectivity index is 1.74. The van der Waals surface area contributed by atoms with Gasteiger partial charge in [0.1, 0.15) is 30.5 Å². The molecule has 8 heteroatoms. The molecule has 3 aromatic rings. The monoisotopic (exact) mass is 407 g/mol. The first-order valence-electron chi connectivity index (χ1n) is 7.49. The van der Waals surface area contributed by atoms with Gasteiger partial charge in [-0.15, -0.1) is 0 Å². The molecule has 0 atom stereocenters. The zero-order chi connectivity index (χ0) is 17.8. The van der Waals surface area contributed by atoms with Crippen LogP contribution in [0.1, 0.15) is 0 Å². The van der Waals surface area contributed by atoms with Crippen LogP contribution in [0.5, 0.6) is 5.75 Å². The Morgan fingerprint density at radius 3 is 2.88 bits per heavy atom. The summed E-state index contributed by atoms with van der Waals surface area (Å²) < 4.78 is 25.6. The van der Waals surface area contributed by atoms with Crippen LogP contribution in [0.2, 0.25) is 0 Å². The number of benzene rings is 2. The number of carbonyl (C=O) groups is 1. The maximum Gasteiger partial charge on any atom is 0.406 e. The third kappa shape index (κ3) is 3.90. The quantitative estimate of drug-likeness (QED) is 0.629. The van der Waals surface area contributed by atoms with Crippen molar-refractivity contribution in [3.8, 4) is 17.0 Å². The number of fused-ring (bicyclic) bond motifs is 1. The highest BCUT2D eigenvalue weighted by atomic mass is 79.9. The van der Waals surface area contributed by atoms with E-state index < -0.39 is 11.9 Å². The molecule has 3 rings (SSSR count). The van der Waals surface area contributed by atoms with Crippen LogP contribution >= 0.6 is 15.9 Å². The Morgan fingerprint density at radius 1 is 1.28 bits per heavy atom. The van der Waals surface area contributed by atoms with E-state index in [1.165, 1.54) is 13.1 Å². The zero-order valence-corrected chi connectivity index (χ0v) is 14.9. The molecule has 0 saturated carbocycles. The first kappa shape index (κ1) is 17.2. The van der Waals surface area contributed by atoms with Crippen molar-refractivity contribution in [3.05, 3.63) is 46.7 Å². The largest absolute Gasteiger partial charge is 0.490 e. The second-order valence-corrected chi connectivity index (χ2v) is 6.05. The Labute approximate surface area is 151 Å². The van der Waals surface area contributed by atoms with Crippen LogP contribution in [0, 0.1) is 5.82 Å². The summed E-state index contributed by atoms with van der Waals surface area (Å²) in [6, 6.07) is 10.2. The van der Waals surface area contributed by atoms with E-state index in [2.05, 4.69) is 31.4 Å². The molecule has 2 aromatic carbocycles. The molecule has 1 heterocycles. The average molecular weight is 408 g/mol. The van der Waals surface area contributed by atoms with Gasteiger partial charge in [-0.2, -0.15) is 5.10 Å². The van der Waals surface area contributed by atoms with Gasteiger partial charge in [-0.1, -0.05) is 15.9 Å². The van der Waals surface area contributed by atoms with Crippen LogP contribution in [0.25, 0.3) is 22.2 Å². The smallest absolute Gasteiger partial charge is 0.406 e. The summed E-state index contributed by atoms with van der Waals surface area (Å²) in [6.45, 7) is 0.202. The number of hydrogen-bond acceptors (Lipinski definition) is 4. The van der Waals surface area contributed by atoms with Crippen molar-refractivity contribution in [2.45, 2.75) is 0 Å². The molecule has 0 unspecified atom stereocenters. The molecule has 1 aromatic heterocycles. The molecule has 1 amide bonds. The molecule has 0 saturated heterocycles. The van der Waals surface area contributed by atoms with Crippen LogP contribution in [0.4, 0.5) is 9.18 Å². The van der Waals surface area contributed by atoms with Crippen molar-refractivity contribution in [3.63, 3.8) is 0 Å². The first-order valence-corrected chi connectivity index (χ1v) is 8.28. The van der Waals surface area contributed by atoms with Crippen LogP contribution in [-0.2, 0) is 4.74 Å². The van der Waals surface area contributed by atoms with Gasteiger partial charge in [0.25, 0.3) is 0 Å². The summed E-state index contributed by atoms with van der Waals surface area (Å²) in [5.74, 6) is -0.0922. The van der Waals surface area contributed by atoms with Gasteiger partial charge in [0.15, 0.2) is 0 Å². The van der Waals surface area contributed by atoms with E-state index in [0.29, 0.717) is 17.0 Å². The van der Waals surface area contributed by atoms with Gasteiger partial charge in [-0.05, 0) is 30.3 Å². The molecule has 0 bridgehead atoms. The SMILES string of the molecule is CNC(=O)OCCOc1ccc(-c2n[nH]c3cc(Br)ccc23)c(F)c1. The van der Waals surface area contributed by atoms with Gasteiger partial charge < -0.3 is 14.8 Å². The summed E-state index contributed by atoms with van der Waals surface area (Å²) in [7, 11) is 1.47. The molecule has 0 aliphatic heterocycles. The first-order chi connectivity index (χ1) is 12.1. The number of amides is 1. The van der Waals surface area contributed by atoms with Gasteiger partial charge >= 0.3 is 6.09 Å².